The molecule has 6 aromatic rings. The number of hydrogen-bond acceptors (Lipinski definition) is 0. The van der Waals surface area contributed by atoms with Crippen molar-refractivity contribution in [3.05, 3.63) is 126 Å². The van der Waals surface area contributed by atoms with E-state index in [4.69, 9.17) is 11.6 Å². The first-order valence-electron chi connectivity index (χ1n) is 10.7. The van der Waals surface area contributed by atoms with Gasteiger partial charge in [-0.05, 0) is 47.0 Å². The van der Waals surface area contributed by atoms with Crippen LogP contribution in [-0.2, 0) is 0 Å². The molecule has 1 aromatic heterocycles. The van der Waals surface area contributed by atoms with Crippen LogP contribution in [0, 0.1) is 0 Å². The number of hydrogen-bond donors (Lipinski definition) is 0. The van der Waals surface area contributed by atoms with Crippen molar-refractivity contribution in [1.82, 2.24) is 4.57 Å². The lowest BCUT2D eigenvalue weighted by atomic mass is 10.0. The number of halogens is 1. The van der Waals surface area contributed by atoms with Crippen LogP contribution < -0.4 is 0 Å². The van der Waals surface area contributed by atoms with E-state index < -0.39 is 0 Å². The lowest BCUT2D eigenvalue weighted by Gasteiger charge is -2.14. The van der Waals surface area contributed by atoms with Crippen LogP contribution in [0.4, 0.5) is 0 Å². The second kappa shape index (κ2) is 7.71. The van der Waals surface area contributed by atoms with E-state index in [1.807, 2.05) is 18.2 Å². The number of para-hydroxylation sites is 2. The number of rotatable bonds is 3. The van der Waals surface area contributed by atoms with Gasteiger partial charge in [-0.15, -0.1) is 0 Å². The standard InChI is InChI=1S/C30H20ClN/c31-24-12-8-11-22(19-24)23-17-18-27-26-14-5-7-16-29(26)32(30(27)20-23)28-15-6-4-13-25(28)21-9-2-1-3-10-21/h1-20H. The fourth-order valence-electron chi connectivity index (χ4n) is 4.61. The molecule has 5 aromatic carbocycles. The van der Waals surface area contributed by atoms with Crippen molar-refractivity contribution < 1.29 is 0 Å². The molecule has 152 valence electrons. The molecule has 0 fully saturated rings. The fraction of sp³-hybridized carbons (Fsp3) is 0. The molecule has 0 radical (unpaired) electrons. The molecule has 6 rings (SSSR count). The minimum absolute atomic E-state index is 0.748. The van der Waals surface area contributed by atoms with E-state index in [1.165, 1.54) is 38.6 Å². The Morgan fingerprint density at radius 2 is 1.16 bits per heavy atom. The maximum Gasteiger partial charge on any atom is 0.0547 e. The molecule has 32 heavy (non-hydrogen) atoms. The summed E-state index contributed by atoms with van der Waals surface area (Å²) in [5.74, 6) is 0. The highest BCUT2D eigenvalue weighted by molar-refractivity contribution is 6.30. The molecule has 0 saturated heterocycles. The first kappa shape index (κ1) is 18.9. The van der Waals surface area contributed by atoms with E-state index in [9.17, 15) is 0 Å². The van der Waals surface area contributed by atoms with Gasteiger partial charge in [-0.3, -0.25) is 0 Å². The van der Waals surface area contributed by atoms with Gasteiger partial charge in [0.25, 0.3) is 0 Å². The highest BCUT2D eigenvalue weighted by atomic mass is 35.5. The zero-order chi connectivity index (χ0) is 21.5. The number of fused-ring (bicyclic) bond motifs is 3. The average molecular weight is 430 g/mol. The lowest BCUT2D eigenvalue weighted by molar-refractivity contribution is 1.18. The molecule has 1 nitrogen and oxygen atoms in total. The molecule has 0 aliphatic rings. The Kier molecular flexibility index (Phi) is 4.56. The molecule has 0 atom stereocenters. The summed E-state index contributed by atoms with van der Waals surface area (Å²) in [6.45, 7) is 0. The van der Waals surface area contributed by atoms with Crippen LogP contribution >= 0.6 is 11.6 Å². The van der Waals surface area contributed by atoms with Gasteiger partial charge in [0.15, 0.2) is 0 Å². The van der Waals surface area contributed by atoms with Crippen LogP contribution in [0.15, 0.2) is 121 Å². The summed E-state index contributed by atoms with van der Waals surface area (Å²) in [5, 5.41) is 3.25. The van der Waals surface area contributed by atoms with Gasteiger partial charge in [0.05, 0.1) is 16.7 Å². The molecule has 0 aliphatic carbocycles. The van der Waals surface area contributed by atoms with Crippen molar-refractivity contribution >= 4 is 33.4 Å². The smallest absolute Gasteiger partial charge is 0.0547 e. The van der Waals surface area contributed by atoms with E-state index in [-0.39, 0.29) is 0 Å². The highest BCUT2D eigenvalue weighted by Crippen LogP contribution is 2.37. The van der Waals surface area contributed by atoms with Crippen molar-refractivity contribution in [3.8, 4) is 27.9 Å². The Bertz CT molecular complexity index is 1580. The Labute approximate surface area is 192 Å². The van der Waals surface area contributed by atoms with Crippen molar-refractivity contribution in [2.45, 2.75) is 0 Å². The second-order valence-corrected chi connectivity index (χ2v) is 8.41. The predicted octanol–water partition coefficient (Wildman–Crippen LogP) is 8.77. The Morgan fingerprint density at radius 3 is 2.03 bits per heavy atom. The predicted molar refractivity (Wildman–Crippen MR) is 137 cm³/mol. The van der Waals surface area contributed by atoms with Crippen LogP contribution in [0.25, 0.3) is 49.7 Å². The third kappa shape index (κ3) is 3.10. The van der Waals surface area contributed by atoms with Gasteiger partial charge < -0.3 is 4.57 Å². The number of aromatic nitrogens is 1. The van der Waals surface area contributed by atoms with Crippen LogP contribution in [0.5, 0.6) is 0 Å². The molecule has 0 aliphatic heterocycles. The third-order valence-corrected chi connectivity index (χ3v) is 6.30. The minimum Gasteiger partial charge on any atom is -0.309 e. The molecular weight excluding hydrogens is 410 g/mol. The molecule has 2 heteroatoms. The third-order valence-electron chi connectivity index (χ3n) is 6.06. The van der Waals surface area contributed by atoms with Gasteiger partial charge in [0, 0.05) is 21.4 Å². The zero-order valence-corrected chi connectivity index (χ0v) is 18.1. The fourth-order valence-corrected chi connectivity index (χ4v) is 4.80. The van der Waals surface area contributed by atoms with E-state index >= 15 is 0 Å². The highest BCUT2D eigenvalue weighted by Gasteiger charge is 2.16. The Hall–Kier alpha value is -3.81. The molecule has 0 bridgehead atoms. The second-order valence-electron chi connectivity index (χ2n) is 7.98. The van der Waals surface area contributed by atoms with Crippen LogP contribution in [0.2, 0.25) is 5.02 Å². The van der Waals surface area contributed by atoms with Crippen molar-refractivity contribution in [2.75, 3.05) is 0 Å². The van der Waals surface area contributed by atoms with Crippen LogP contribution in [-0.4, -0.2) is 4.57 Å². The number of nitrogens with zero attached hydrogens (tertiary/aromatic N) is 1. The lowest BCUT2D eigenvalue weighted by Crippen LogP contribution is -1.97. The summed E-state index contributed by atoms with van der Waals surface area (Å²) in [7, 11) is 0. The van der Waals surface area contributed by atoms with Gasteiger partial charge in [-0.2, -0.15) is 0 Å². The molecule has 0 saturated carbocycles. The monoisotopic (exact) mass is 429 g/mol. The van der Waals surface area contributed by atoms with Gasteiger partial charge in [0.1, 0.15) is 0 Å². The molecule has 0 N–H and O–H groups in total. The molecule has 0 unspecified atom stereocenters. The van der Waals surface area contributed by atoms with Crippen LogP contribution in [0.1, 0.15) is 0 Å². The zero-order valence-electron chi connectivity index (χ0n) is 17.4. The summed E-state index contributed by atoms with van der Waals surface area (Å²) >= 11 is 6.29. The SMILES string of the molecule is Clc1cccc(-c2ccc3c4ccccc4n(-c4ccccc4-c4ccccc4)c3c2)c1. The van der Waals surface area contributed by atoms with E-state index in [0.29, 0.717) is 0 Å². The van der Waals surface area contributed by atoms with Crippen molar-refractivity contribution in [3.63, 3.8) is 0 Å². The Morgan fingerprint density at radius 1 is 0.469 bits per heavy atom. The maximum atomic E-state index is 6.29. The molecule has 0 spiro atoms. The normalized spacial score (nSPS) is 11.3. The molecule has 0 amide bonds. The van der Waals surface area contributed by atoms with Gasteiger partial charge in [-0.1, -0.05) is 103 Å². The molecular formula is C30H20ClN. The minimum atomic E-state index is 0.748. The maximum absolute atomic E-state index is 6.29. The van der Waals surface area contributed by atoms with E-state index in [1.54, 1.807) is 0 Å². The van der Waals surface area contributed by atoms with Gasteiger partial charge >= 0.3 is 0 Å². The summed E-state index contributed by atoms with van der Waals surface area (Å²) in [6.07, 6.45) is 0. The quantitative estimate of drug-likeness (QED) is 0.265. The topological polar surface area (TPSA) is 4.93 Å². The average Bonchev–Trinajstić information content (AvgIpc) is 3.18. The first-order chi connectivity index (χ1) is 15.8. The number of benzene rings is 5. The first-order valence-corrected chi connectivity index (χ1v) is 11.1. The van der Waals surface area contributed by atoms with E-state index in [0.717, 1.165) is 16.1 Å². The molecule has 1 heterocycles. The van der Waals surface area contributed by atoms with Crippen molar-refractivity contribution in [2.24, 2.45) is 0 Å². The largest absolute Gasteiger partial charge is 0.309 e. The van der Waals surface area contributed by atoms with Crippen LogP contribution in [0.3, 0.4) is 0 Å². The van der Waals surface area contributed by atoms with Gasteiger partial charge in [-0.25, -0.2) is 0 Å². The Balaban J connectivity index is 1.69. The summed E-state index contributed by atoms with van der Waals surface area (Å²) in [5.41, 5.74) is 8.26. The van der Waals surface area contributed by atoms with Crippen molar-refractivity contribution in [1.29, 1.82) is 0 Å². The van der Waals surface area contributed by atoms with E-state index in [2.05, 4.69) is 108 Å². The summed E-state index contributed by atoms with van der Waals surface area (Å²) < 4.78 is 2.39. The van der Waals surface area contributed by atoms with Gasteiger partial charge in [0.2, 0.25) is 0 Å². The summed E-state index contributed by atoms with van der Waals surface area (Å²) in [4.78, 5) is 0. The summed E-state index contributed by atoms with van der Waals surface area (Å²) in [6, 6.07) is 42.6.